The quantitative estimate of drug-likeness (QED) is 0.407. The Labute approximate surface area is 63.4 Å². The van der Waals surface area contributed by atoms with Crippen LogP contribution >= 0.6 is 0 Å². The Kier molecular flexibility index (Phi) is 7.97. The maximum absolute atomic E-state index is 4.84. The van der Waals surface area contributed by atoms with E-state index < -0.39 is 0 Å². The van der Waals surface area contributed by atoms with Crippen molar-refractivity contribution in [1.29, 1.82) is 0 Å². The second-order valence-electron chi connectivity index (χ2n) is 2.15. The third kappa shape index (κ3) is 7.44. The largest absolute Gasteiger partial charge is 0.381 e. The summed E-state index contributed by atoms with van der Waals surface area (Å²) in [4.78, 5) is 0. The summed E-state index contributed by atoms with van der Waals surface area (Å²) in [5, 5.41) is 0. The third-order valence-electron chi connectivity index (χ3n) is 1.21. The standard InChI is InChI=1S/C9H16O/c1-3-4-5-6-7-8-9-10-2/h3,7-8H,1,4-6,9H2,2H3/b8-7+. The first-order chi connectivity index (χ1) is 4.91. The molecule has 0 spiro atoms. The first kappa shape index (κ1) is 9.44. The van der Waals surface area contributed by atoms with Crippen LogP contribution in [0.5, 0.6) is 0 Å². The van der Waals surface area contributed by atoms with Gasteiger partial charge in [0, 0.05) is 7.11 Å². The Morgan fingerprint density at radius 1 is 1.30 bits per heavy atom. The molecule has 0 aliphatic carbocycles. The van der Waals surface area contributed by atoms with Gasteiger partial charge in [0.1, 0.15) is 0 Å². The van der Waals surface area contributed by atoms with Crippen LogP contribution in [0, 0.1) is 0 Å². The lowest BCUT2D eigenvalue weighted by Crippen LogP contribution is -1.79. The van der Waals surface area contributed by atoms with E-state index in [4.69, 9.17) is 4.74 Å². The minimum atomic E-state index is 0.730. The van der Waals surface area contributed by atoms with Crippen molar-refractivity contribution >= 4 is 0 Å². The smallest absolute Gasteiger partial charge is 0.0643 e. The van der Waals surface area contributed by atoms with E-state index >= 15 is 0 Å². The first-order valence-corrected chi connectivity index (χ1v) is 3.66. The Morgan fingerprint density at radius 3 is 2.70 bits per heavy atom. The van der Waals surface area contributed by atoms with Crippen LogP contribution in [0.1, 0.15) is 19.3 Å². The van der Waals surface area contributed by atoms with Gasteiger partial charge in [0.15, 0.2) is 0 Å². The van der Waals surface area contributed by atoms with Crippen molar-refractivity contribution in [2.75, 3.05) is 13.7 Å². The Balaban J connectivity index is 2.94. The lowest BCUT2D eigenvalue weighted by molar-refractivity contribution is 0.233. The molecule has 0 aromatic carbocycles. The summed E-state index contributed by atoms with van der Waals surface area (Å²) in [5.41, 5.74) is 0. The molecular weight excluding hydrogens is 124 g/mol. The predicted octanol–water partition coefficient (Wildman–Crippen LogP) is 2.55. The molecule has 0 aromatic heterocycles. The highest BCUT2D eigenvalue weighted by Crippen LogP contribution is 1.96. The van der Waals surface area contributed by atoms with Crippen LogP contribution in [0.25, 0.3) is 0 Å². The predicted molar refractivity (Wildman–Crippen MR) is 45.1 cm³/mol. The number of allylic oxidation sites excluding steroid dienone is 2. The summed E-state index contributed by atoms with van der Waals surface area (Å²) < 4.78 is 4.84. The molecule has 0 aliphatic rings. The van der Waals surface area contributed by atoms with E-state index in [-0.39, 0.29) is 0 Å². The van der Waals surface area contributed by atoms with Gasteiger partial charge < -0.3 is 4.74 Å². The van der Waals surface area contributed by atoms with Crippen molar-refractivity contribution in [3.05, 3.63) is 24.8 Å². The summed E-state index contributed by atoms with van der Waals surface area (Å²) in [6.07, 6.45) is 9.58. The van der Waals surface area contributed by atoms with E-state index in [1.54, 1.807) is 7.11 Å². The SMILES string of the molecule is C=CCCC/C=C/COC. The van der Waals surface area contributed by atoms with E-state index in [1.165, 1.54) is 6.42 Å². The zero-order chi connectivity index (χ0) is 7.66. The molecule has 10 heavy (non-hydrogen) atoms. The number of ether oxygens (including phenoxy) is 1. The van der Waals surface area contributed by atoms with Crippen molar-refractivity contribution in [2.24, 2.45) is 0 Å². The van der Waals surface area contributed by atoms with Gasteiger partial charge in [-0.2, -0.15) is 0 Å². The minimum Gasteiger partial charge on any atom is -0.381 e. The molecule has 0 saturated carbocycles. The van der Waals surface area contributed by atoms with E-state index in [0.29, 0.717) is 0 Å². The number of rotatable bonds is 6. The van der Waals surface area contributed by atoms with Crippen LogP contribution in [0.3, 0.4) is 0 Å². The van der Waals surface area contributed by atoms with E-state index in [1.807, 2.05) is 12.2 Å². The molecule has 0 rings (SSSR count). The molecule has 0 atom stereocenters. The van der Waals surface area contributed by atoms with Gasteiger partial charge in [-0.1, -0.05) is 18.2 Å². The monoisotopic (exact) mass is 140 g/mol. The molecule has 0 amide bonds. The Hall–Kier alpha value is -0.560. The molecular formula is C9H16O. The van der Waals surface area contributed by atoms with Crippen LogP contribution in [-0.2, 0) is 4.74 Å². The van der Waals surface area contributed by atoms with Crippen molar-refractivity contribution in [1.82, 2.24) is 0 Å². The molecule has 0 aliphatic heterocycles. The molecule has 1 nitrogen and oxygen atoms in total. The molecule has 0 aromatic rings. The molecule has 0 radical (unpaired) electrons. The van der Waals surface area contributed by atoms with Crippen LogP contribution < -0.4 is 0 Å². The number of hydrogen-bond acceptors (Lipinski definition) is 1. The fraction of sp³-hybridized carbons (Fsp3) is 0.556. The molecule has 0 unspecified atom stereocenters. The molecule has 0 bridgehead atoms. The molecule has 58 valence electrons. The van der Waals surface area contributed by atoms with Crippen LogP contribution in [0.2, 0.25) is 0 Å². The van der Waals surface area contributed by atoms with Gasteiger partial charge in [-0.25, -0.2) is 0 Å². The molecule has 0 N–H and O–H groups in total. The zero-order valence-corrected chi connectivity index (χ0v) is 6.68. The Bertz CT molecular complexity index is 94.9. The van der Waals surface area contributed by atoms with Gasteiger partial charge in [0.25, 0.3) is 0 Å². The van der Waals surface area contributed by atoms with Crippen LogP contribution in [0.15, 0.2) is 24.8 Å². The van der Waals surface area contributed by atoms with Crippen molar-refractivity contribution in [2.45, 2.75) is 19.3 Å². The second-order valence-corrected chi connectivity index (χ2v) is 2.15. The highest BCUT2D eigenvalue weighted by atomic mass is 16.5. The van der Waals surface area contributed by atoms with Crippen molar-refractivity contribution in [3.63, 3.8) is 0 Å². The average molecular weight is 140 g/mol. The number of methoxy groups -OCH3 is 1. The zero-order valence-electron chi connectivity index (χ0n) is 6.68. The number of unbranched alkanes of at least 4 members (excludes halogenated alkanes) is 2. The summed E-state index contributed by atoms with van der Waals surface area (Å²) in [6.45, 7) is 4.38. The lowest BCUT2D eigenvalue weighted by atomic mass is 10.2. The molecule has 0 heterocycles. The van der Waals surface area contributed by atoms with Gasteiger partial charge in [-0.3, -0.25) is 0 Å². The fourth-order valence-corrected chi connectivity index (χ4v) is 0.662. The Morgan fingerprint density at radius 2 is 2.10 bits per heavy atom. The maximum atomic E-state index is 4.84. The summed E-state index contributed by atoms with van der Waals surface area (Å²) >= 11 is 0. The summed E-state index contributed by atoms with van der Waals surface area (Å²) in [7, 11) is 1.70. The number of hydrogen-bond donors (Lipinski definition) is 0. The van der Waals surface area contributed by atoms with E-state index in [0.717, 1.165) is 19.4 Å². The van der Waals surface area contributed by atoms with Crippen LogP contribution in [0.4, 0.5) is 0 Å². The summed E-state index contributed by atoms with van der Waals surface area (Å²) in [5.74, 6) is 0. The highest BCUT2D eigenvalue weighted by molar-refractivity contribution is 4.82. The maximum Gasteiger partial charge on any atom is 0.0643 e. The molecule has 1 heteroatoms. The average Bonchev–Trinajstić information content (AvgIpc) is 1.97. The van der Waals surface area contributed by atoms with E-state index in [2.05, 4.69) is 12.7 Å². The topological polar surface area (TPSA) is 9.23 Å². The first-order valence-electron chi connectivity index (χ1n) is 3.66. The van der Waals surface area contributed by atoms with Gasteiger partial charge in [-0.05, 0) is 19.3 Å². The normalized spacial score (nSPS) is 10.5. The van der Waals surface area contributed by atoms with Gasteiger partial charge >= 0.3 is 0 Å². The van der Waals surface area contributed by atoms with Gasteiger partial charge in [0.05, 0.1) is 6.61 Å². The fourth-order valence-electron chi connectivity index (χ4n) is 0.662. The van der Waals surface area contributed by atoms with E-state index in [9.17, 15) is 0 Å². The summed E-state index contributed by atoms with van der Waals surface area (Å²) in [6, 6.07) is 0. The third-order valence-corrected chi connectivity index (χ3v) is 1.21. The lowest BCUT2D eigenvalue weighted by Gasteiger charge is -1.89. The highest BCUT2D eigenvalue weighted by Gasteiger charge is 1.77. The van der Waals surface area contributed by atoms with Crippen LogP contribution in [-0.4, -0.2) is 13.7 Å². The van der Waals surface area contributed by atoms with Crippen molar-refractivity contribution in [3.8, 4) is 0 Å². The second kappa shape index (κ2) is 8.44. The molecule has 0 saturated heterocycles. The van der Waals surface area contributed by atoms with Gasteiger partial charge in [-0.15, -0.1) is 6.58 Å². The van der Waals surface area contributed by atoms with Gasteiger partial charge in [0.2, 0.25) is 0 Å². The molecule has 0 fully saturated rings. The van der Waals surface area contributed by atoms with Crippen molar-refractivity contribution < 1.29 is 4.74 Å². The minimum absolute atomic E-state index is 0.730.